The Morgan fingerprint density at radius 2 is 2.10 bits per heavy atom. The molecule has 0 saturated heterocycles. The summed E-state index contributed by atoms with van der Waals surface area (Å²) in [5.74, 6) is 0. The van der Waals surface area contributed by atoms with Crippen LogP contribution in [0.1, 0.15) is 45.2 Å². The first-order valence-electron chi connectivity index (χ1n) is 7.36. The molecule has 0 spiro atoms. The summed E-state index contributed by atoms with van der Waals surface area (Å²) in [6.45, 7) is 5.11. The zero-order chi connectivity index (χ0) is 14.8. The Bertz CT molecular complexity index is 525. The van der Waals surface area contributed by atoms with Crippen molar-refractivity contribution in [2.45, 2.75) is 63.6 Å². The molecule has 1 aromatic heterocycles. The van der Waals surface area contributed by atoms with Gasteiger partial charge in [-0.25, -0.2) is 8.42 Å². The highest BCUT2D eigenvalue weighted by Gasteiger charge is 2.38. The molecule has 1 aromatic rings. The summed E-state index contributed by atoms with van der Waals surface area (Å²) in [6.07, 6.45) is 5.43. The third kappa shape index (κ3) is 3.07. The maximum Gasteiger partial charge on any atom is 0.244 e. The third-order valence-corrected chi connectivity index (χ3v) is 5.67. The zero-order valence-electron chi connectivity index (χ0n) is 12.2. The highest BCUT2D eigenvalue weighted by atomic mass is 32.2. The van der Waals surface area contributed by atoms with Crippen LogP contribution in [-0.2, 0) is 23.2 Å². The van der Waals surface area contributed by atoms with Gasteiger partial charge in [0.05, 0.1) is 6.61 Å². The molecule has 1 saturated carbocycles. The van der Waals surface area contributed by atoms with Crippen LogP contribution in [-0.4, -0.2) is 35.0 Å². The van der Waals surface area contributed by atoms with E-state index in [0.717, 1.165) is 25.7 Å². The summed E-state index contributed by atoms with van der Waals surface area (Å²) < 4.78 is 28.9. The van der Waals surface area contributed by atoms with Crippen LogP contribution in [0, 0.1) is 0 Å². The molecule has 0 unspecified atom stereocenters. The number of nitrogens with zero attached hydrogens (tertiary/aromatic N) is 2. The van der Waals surface area contributed by atoms with Crippen LogP contribution in [0.5, 0.6) is 0 Å². The first-order chi connectivity index (χ1) is 9.54. The fourth-order valence-electron chi connectivity index (χ4n) is 2.40. The van der Waals surface area contributed by atoms with Crippen molar-refractivity contribution in [3.8, 4) is 0 Å². The maximum atomic E-state index is 12.7. The topological polar surface area (TPSA) is 62.5 Å². The van der Waals surface area contributed by atoms with Crippen molar-refractivity contribution in [2.24, 2.45) is 0 Å². The quantitative estimate of drug-likeness (QED) is 0.798. The van der Waals surface area contributed by atoms with E-state index in [4.69, 9.17) is 0 Å². The van der Waals surface area contributed by atoms with Crippen molar-refractivity contribution < 1.29 is 13.5 Å². The van der Waals surface area contributed by atoms with Gasteiger partial charge in [-0.1, -0.05) is 13.3 Å². The molecule has 20 heavy (non-hydrogen) atoms. The number of aliphatic hydroxyl groups is 1. The molecule has 114 valence electrons. The van der Waals surface area contributed by atoms with Gasteiger partial charge in [-0.2, -0.15) is 4.31 Å². The minimum Gasteiger partial charge on any atom is -0.390 e. The predicted molar refractivity (Wildman–Crippen MR) is 77.9 cm³/mol. The lowest BCUT2D eigenvalue weighted by atomic mass is 10.3. The van der Waals surface area contributed by atoms with E-state index in [1.807, 2.05) is 6.92 Å². The number of aromatic nitrogens is 1. The van der Waals surface area contributed by atoms with E-state index in [9.17, 15) is 13.5 Å². The molecule has 0 aliphatic heterocycles. The molecule has 1 fully saturated rings. The molecular formula is C14H24N2O3S. The highest BCUT2D eigenvalue weighted by Crippen LogP contribution is 2.32. The van der Waals surface area contributed by atoms with Crippen LogP contribution in [0.3, 0.4) is 0 Å². The largest absolute Gasteiger partial charge is 0.390 e. The normalized spacial score (nSPS) is 16.0. The smallest absolute Gasteiger partial charge is 0.244 e. The number of aliphatic hydroxyl groups excluding tert-OH is 1. The SMILES string of the molecule is CCCCN(C1CC1)S(=O)(=O)c1cc(CO)n(CC)c1. The van der Waals surface area contributed by atoms with E-state index >= 15 is 0 Å². The van der Waals surface area contributed by atoms with Gasteiger partial charge in [-0.15, -0.1) is 0 Å². The molecule has 0 amide bonds. The summed E-state index contributed by atoms with van der Waals surface area (Å²) in [7, 11) is -3.43. The van der Waals surface area contributed by atoms with E-state index in [1.54, 1.807) is 21.1 Å². The molecule has 6 heteroatoms. The average Bonchev–Trinajstić information content (AvgIpc) is 3.16. The van der Waals surface area contributed by atoms with Gasteiger partial charge in [0, 0.05) is 31.0 Å². The predicted octanol–water partition coefficient (Wildman–Crippen LogP) is 1.95. The molecule has 1 aliphatic rings. The monoisotopic (exact) mass is 300 g/mol. The van der Waals surface area contributed by atoms with E-state index < -0.39 is 10.0 Å². The summed E-state index contributed by atoms with van der Waals surface area (Å²) in [6, 6.07) is 1.77. The molecule has 5 nitrogen and oxygen atoms in total. The number of hydrogen-bond acceptors (Lipinski definition) is 3. The summed E-state index contributed by atoms with van der Waals surface area (Å²) >= 11 is 0. The lowest BCUT2D eigenvalue weighted by Gasteiger charge is -2.20. The van der Waals surface area contributed by atoms with Crippen molar-refractivity contribution >= 4 is 10.0 Å². The maximum absolute atomic E-state index is 12.7. The van der Waals surface area contributed by atoms with E-state index in [-0.39, 0.29) is 12.6 Å². The van der Waals surface area contributed by atoms with Gasteiger partial charge >= 0.3 is 0 Å². The number of unbranched alkanes of at least 4 members (excludes halogenated alkanes) is 1. The Balaban J connectivity index is 2.29. The van der Waals surface area contributed by atoms with Crippen LogP contribution in [0.2, 0.25) is 0 Å². The molecule has 2 rings (SSSR count). The second-order valence-corrected chi connectivity index (χ2v) is 7.20. The van der Waals surface area contributed by atoms with Gasteiger partial charge in [0.15, 0.2) is 0 Å². The van der Waals surface area contributed by atoms with E-state index in [2.05, 4.69) is 6.92 Å². The van der Waals surface area contributed by atoms with Gasteiger partial charge in [-0.3, -0.25) is 0 Å². The van der Waals surface area contributed by atoms with E-state index in [0.29, 0.717) is 23.7 Å². The standard InChI is InChI=1S/C14H24N2O3S/c1-3-5-8-16(12-6-7-12)20(18,19)14-9-13(11-17)15(4-2)10-14/h9-10,12,17H,3-8,11H2,1-2H3. The minimum absolute atomic E-state index is 0.137. The molecule has 1 heterocycles. The van der Waals surface area contributed by atoms with Crippen molar-refractivity contribution in [1.29, 1.82) is 0 Å². The van der Waals surface area contributed by atoms with Crippen molar-refractivity contribution in [3.63, 3.8) is 0 Å². The number of sulfonamides is 1. The fraction of sp³-hybridized carbons (Fsp3) is 0.714. The third-order valence-electron chi connectivity index (χ3n) is 3.76. The van der Waals surface area contributed by atoms with Gasteiger partial charge < -0.3 is 9.67 Å². The van der Waals surface area contributed by atoms with E-state index in [1.165, 1.54) is 0 Å². The van der Waals surface area contributed by atoms with Gasteiger partial charge in [0.25, 0.3) is 0 Å². The molecular weight excluding hydrogens is 276 g/mol. The highest BCUT2D eigenvalue weighted by molar-refractivity contribution is 7.89. The summed E-state index contributed by atoms with van der Waals surface area (Å²) in [5.41, 5.74) is 0.650. The molecule has 1 aliphatic carbocycles. The Morgan fingerprint density at radius 3 is 2.55 bits per heavy atom. The van der Waals surface area contributed by atoms with Gasteiger partial charge in [0.1, 0.15) is 4.90 Å². The number of aryl methyl sites for hydroxylation is 1. The zero-order valence-corrected chi connectivity index (χ0v) is 13.1. The molecule has 0 bridgehead atoms. The minimum atomic E-state index is -3.43. The Kier molecular flexibility index (Phi) is 4.88. The first-order valence-corrected chi connectivity index (χ1v) is 8.80. The first kappa shape index (κ1) is 15.5. The van der Waals surface area contributed by atoms with Gasteiger partial charge in [0.2, 0.25) is 10.0 Å². The lowest BCUT2D eigenvalue weighted by molar-refractivity contribution is 0.271. The van der Waals surface area contributed by atoms with Crippen LogP contribution in [0.25, 0.3) is 0 Å². The van der Waals surface area contributed by atoms with Gasteiger partial charge in [-0.05, 0) is 32.3 Å². The molecule has 0 radical (unpaired) electrons. The molecule has 0 aromatic carbocycles. The van der Waals surface area contributed by atoms with Crippen LogP contribution < -0.4 is 0 Å². The summed E-state index contributed by atoms with van der Waals surface area (Å²) in [5, 5.41) is 9.30. The molecule has 1 N–H and O–H groups in total. The van der Waals surface area contributed by atoms with Crippen molar-refractivity contribution in [1.82, 2.24) is 8.87 Å². The van der Waals surface area contributed by atoms with Crippen molar-refractivity contribution in [3.05, 3.63) is 18.0 Å². The number of rotatable bonds is 8. The molecule has 0 atom stereocenters. The Hall–Kier alpha value is -0.850. The van der Waals surface area contributed by atoms with Crippen LogP contribution >= 0.6 is 0 Å². The Labute approximate surface area is 121 Å². The fourth-order valence-corrected chi connectivity index (χ4v) is 4.19. The lowest BCUT2D eigenvalue weighted by Crippen LogP contribution is -2.33. The Morgan fingerprint density at radius 1 is 1.40 bits per heavy atom. The average molecular weight is 300 g/mol. The second kappa shape index (κ2) is 6.28. The van der Waals surface area contributed by atoms with Crippen molar-refractivity contribution in [2.75, 3.05) is 6.54 Å². The van der Waals surface area contributed by atoms with Crippen LogP contribution in [0.15, 0.2) is 17.2 Å². The second-order valence-electron chi connectivity index (χ2n) is 5.31. The summed E-state index contributed by atoms with van der Waals surface area (Å²) in [4.78, 5) is 0.311. The number of hydrogen-bond donors (Lipinski definition) is 1. The van der Waals surface area contributed by atoms with Crippen LogP contribution in [0.4, 0.5) is 0 Å².